The number of ether oxygens (including phenoxy) is 1. The zero-order chi connectivity index (χ0) is 36.6. The smallest absolute Gasteiger partial charge is 0.264 e. The molecule has 53 heavy (non-hydrogen) atoms. The van der Waals surface area contributed by atoms with Crippen LogP contribution in [0, 0.1) is 0 Å². The maximum atomic E-state index is 13.2. The maximum Gasteiger partial charge on any atom is 0.264 e. The van der Waals surface area contributed by atoms with Gasteiger partial charge in [0.1, 0.15) is 17.1 Å². The molecule has 16 heteroatoms. The van der Waals surface area contributed by atoms with E-state index in [1.807, 2.05) is 30.3 Å². The molecule has 0 bridgehead atoms. The van der Waals surface area contributed by atoms with E-state index in [4.69, 9.17) is 4.74 Å². The predicted octanol–water partition coefficient (Wildman–Crippen LogP) is 5.19. The minimum absolute atomic E-state index is 0.153. The van der Waals surface area contributed by atoms with Gasteiger partial charge in [-0.15, -0.1) is 20.4 Å². The van der Waals surface area contributed by atoms with Crippen LogP contribution in [0.15, 0.2) is 110 Å². The van der Waals surface area contributed by atoms with E-state index in [9.17, 15) is 14.4 Å². The Morgan fingerprint density at radius 3 is 2.13 bits per heavy atom. The van der Waals surface area contributed by atoms with E-state index < -0.39 is 17.7 Å². The monoisotopic (exact) mass is 706 g/mol. The van der Waals surface area contributed by atoms with Crippen LogP contribution in [0.4, 0.5) is 17.6 Å². The number of anilines is 3. The van der Waals surface area contributed by atoms with E-state index in [2.05, 4.69) is 68.2 Å². The Labute approximate surface area is 301 Å². The highest BCUT2D eigenvalue weighted by Gasteiger charge is 2.15. The fraction of sp³-hybridized carbons (Fsp3) is 0.0811. The Morgan fingerprint density at radius 1 is 0.660 bits per heavy atom. The van der Waals surface area contributed by atoms with Crippen LogP contribution >= 0.6 is 0 Å². The molecule has 0 saturated carbocycles. The first kappa shape index (κ1) is 33.9. The van der Waals surface area contributed by atoms with Crippen LogP contribution < -0.4 is 20.7 Å². The summed E-state index contributed by atoms with van der Waals surface area (Å²) < 4.78 is 5.54. The van der Waals surface area contributed by atoms with Gasteiger partial charge in [-0.3, -0.25) is 40.0 Å². The molecule has 5 N–H and O–H groups in total. The third kappa shape index (κ3) is 8.41. The van der Waals surface area contributed by atoms with Crippen molar-refractivity contribution in [3.05, 3.63) is 126 Å². The SMILES string of the molecule is CCc1ccc(OCC(=O)Nc2nnc(-c3ccc(-c4cncc(C(=O)Nc5cccc(C(=O)Nc6nnc(-c7ccccn7)[nH]6)c5)c4)cn3)[nH]2)cc1. The molecule has 5 aromatic heterocycles. The largest absolute Gasteiger partial charge is 0.484 e. The number of aromatic nitrogens is 9. The van der Waals surface area contributed by atoms with Crippen molar-refractivity contribution in [2.24, 2.45) is 0 Å². The molecule has 0 atom stereocenters. The van der Waals surface area contributed by atoms with Crippen molar-refractivity contribution in [3.63, 3.8) is 0 Å². The topological polar surface area (TPSA) is 218 Å². The Balaban J connectivity index is 0.943. The summed E-state index contributed by atoms with van der Waals surface area (Å²) in [6, 6.07) is 24.6. The van der Waals surface area contributed by atoms with Gasteiger partial charge in [0.05, 0.1) is 5.56 Å². The lowest BCUT2D eigenvalue weighted by molar-refractivity contribution is -0.118. The molecule has 7 rings (SSSR count). The fourth-order valence-corrected chi connectivity index (χ4v) is 5.06. The van der Waals surface area contributed by atoms with Gasteiger partial charge in [0.25, 0.3) is 17.7 Å². The third-order valence-electron chi connectivity index (χ3n) is 7.79. The molecule has 16 nitrogen and oxygen atoms in total. The Bertz CT molecular complexity index is 2380. The van der Waals surface area contributed by atoms with Crippen molar-refractivity contribution in [2.45, 2.75) is 13.3 Å². The summed E-state index contributed by atoms with van der Waals surface area (Å²) in [5, 5.41) is 24.2. The quantitative estimate of drug-likeness (QED) is 0.111. The highest BCUT2D eigenvalue weighted by Crippen LogP contribution is 2.23. The van der Waals surface area contributed by atoms with Gasteiger partial charge < -0.3 is 20.0 Å². The van der Waals surface area contributed by atoms with Crippen LogP contribution in [-0.4, -0.2) is 69.6 Å². The van der Waals surface area contributed by atoms with Gasteiger partial charge >= 0.3 is 0 Å². The normalized spacial score (nSPS) is 10.7. The van der Waals surface area contributed by atoms with Crippen LogP contribution in [0.25, 0.3) is 34.2 Å². The Kier molecular flexibility index (Phi) is 9.91. The van der Waals surface area contributed by atoms with Crippen molar-refractivity contribution >= 4 is 35.3 Å². The van der Waals surface area contributed by atoms with Crippen molar-refractivity contribution < 1.29 is 19.1 Å². The van der Waals surface area contributed by atoms with E-state index in [1.54, 1.807) is 73.2 Å². The van der Waals surface area contributed by atoms with Crippen LogP contribution in [0.3, 0.4) is 0 Å². The third-order valence-corrected chi connectivity index (χ3v) is 7.79. The summed E-state index contributed by atoms with van der Waals surface area (Å²) in [7, 11) is 0. The standard InChI is InChI=1S/C37H30N12O4/c1-2-22-9-12-28(13-10-22)53-21-31(50)42-36-43-33(47-48-36)30-14-11-24(20-40-30)25-16-26(19-38-18-25)35(52)41-27-7-5-6-23(17-27)34(51)45-37-44-32(46-49-37)29-8-3-4-15-39-29/h3-20H,2,21H2,1H3,(H,41,52)(H2,42,43,47,48,50)(H2,44,45,46,49,51). The minimum Gasteiger partial charge on any atom is -0.484 e. The fourth-order valence-electron chi connectivity index (χ4n) is 5.06. The highest BCUT2D eigenvalue weighted by atomic mass is 16.5. The van der Waals surface area contributed by atoms with E-state index >= 15 is 0 Å². The molecule has 0 aliphatic carbocycles. The van der Waals surface area contributed by atoms with Crippen LogP contribution in [0.1, 0.15) is 33.2 Å². The number of benzene rings is 2. The molecule has 0 fully saturated rings. The van der Waals surface area contributed by atoms with Gasteiger partial charge in [-0.2, -0.15) is 0 Å². The number of aromatic amines is 2. The van der Waals surface area contributed by atoms with Crippen molar-refractivity contribution in [2.75, 3.05) is 22.6 Å². The first-order valence-corrected chi connectivity index (χ1v) is 16.3. The second kappa shape index (κ2) is 15.5. The van der Waals surface area contributed by atoms with Crippen molar-refractivity contribution in [1.82, 2.24) is 45.3 Å². The average Bonchev–Trinajstić information content (AvgIpc) is 3.88. The minimum atomic E-state index is -0.449. The number of aryl methyl sites for hydroxylation is 1. The maximum absolute atomic E-state index is 13.2. The number of hydrogen-bond donors (Lipinski definition) is 5. The Hall–Kier alpha value is -7.62. The molecule has 0 aliphatic heterocycles. The molecule has 0 radical (unpaired) electrons. The molecule has 3 amide bonds. The van der Waals surface area contributed by atoms with E-state index in [0.717, 1.165) is 6.42 Å². The lowest BCUT2D eigenvalue weighted by Crippen LogP contribution is -2.20. The molecule has 5 heterocycles. The molecular weight excluding hydrogens is 676 g/mol. The highest BCUT2D eigenvalue weighted by molar-refractivity contribution is 6.07. The number of H-pyrrole nitrogens is 2. The van der Waals surface area contributed by atoms with Gasteiger partial charge in [0.15, 0.2) is 18.3 Å². The molecule has 0 spiro atoms. The zero-order valence-electron chi connectivity index (χ0n) is 28.1. The van der Waals surface area contributed by atoms with Crippen LogP contribution in [-0.2, 0) is 11.2 Å². The molecule has 0 unspecified atom stereocenters. The molecule has 262 valence electrons. The number of nitrogens with zero attached hydrogens (tertiary/aromatic N) is 7. The Morgan fingerprint density at radius 2 is 1.42 bits per heavy atom. The second-order valence-electron chi connectivity index (χ2n) is 11.5. The zero-order valence-corrected chi connectivity index (χ0v) is 28.1. The van der Waals surface area contributed by atoms with Crippen molar-refractivity contribution in [3.8, 4) is 39.9 Å². The lowest BCUT2D eigenvalue weighted by atomic mass is 10.1. The van der Waals surface area contributed by atoms with Crippen LogP contribution in [0.2, 0.25) is 0 Å². The number of carbonyl (C=O) groups excluding carboxylic acids is 3. The summed E-state index contributed by atoms with van der Waals surface area (Å²) in [5.41, 5.74) is 4.58. The summed E-state index contributed by atoms with van der Waals surface area (Å²) >= 11 is 0. The molecule has 0 saturated heterocycles. The molecular formula is C37H30N12O4. The number of hydrogen-bond acceptors (Lipinski definition) is 11. The summed E-state index contributed by atoms with van der Waals surface area (Å²) in [5.74, 6) is 0.383. The van der Waals surface area contributed by atoms with E-state index in [1.165, 1.54) is 11.8 Å². The molecule has 7 aromatic rings. The second-order valence-corrected chi connectivity index (χ2v) is 11.5. The number of carbonyl (C=O) groups is 3. The summed E-state index contributed by atoms with van der Waals surface area (Å²) in [4.78, 5) is 57.3. The van der Waals surface area contributed by atoms with Gasteiger partial charge in [-0.25, -0.2) is 0 Å². The van der Waals surface area contributed by atoms with Gasteiger partial charge in [0, 0.05) is 47.2 Å². The number of pyridine rings is 3. The summed E-state index contributed by atoms with van der Waals surface area (Å²) in [6.45, 7) is 1.87. The van der Waals surface area contributed by atoms with Crippen LogP contribution in [0.5, 0.6) is 5.75 Å². The number of nitrogens with one attached hydrogen (secondary N) is 5. The number of amides is 3. The number of rotatable bonds is 12. The molecule has 0 aliphatic rings. The first-order valence-electron chi connectivity index (χ1n) is 16.3. The van der Waals surface area contributed by atoms with Crippen molar-refractivity contribution in [1.29, 1.82) is 0 Å². The summed E-state index contributed by atoms with van der Waals surface area (Å²) in [6.07, 6.45) is 7.22. The van der Waals surface area contributed by atoms with E-state index in [-0.39, 0.29) is 18.5 Å². The first-order chi connectivity index (χ1) is 25.9. The lowest BCUT2D eigenvalue weighted by Gasteiger charge is -2.09. The van der Waals surface area contributed by atoms with Gasteiger partial charge in [-0.1, -0.05) is 37.3 Å². The van der Waals surface area contributed by atoms with Gasteiger partial charge in [-0.05, 0) is 66.6 Å². The molecule has 2 aromatic carbocycles. The predicted molar refractivity (Wildman–Crippen MR) is 195 cm³/mol. The van der Waals surface area contributed by atoms with E-state index in [0.29, 0.717) is 56.7 Å². The average molecular weight is 707 g/mol. The van der Waals surface area contributed by atoms with Gasteiger partial charge in [0.2, 0.25) is 11.9 Å².